The summed E-state index contributed by atoms with van der Waals surface area (Å²) in [5, 5.41) is 0. The SMILES string of the molecule is COc1ccc(N)c(Oc2ccnc(C(=O)N(C)C)c2)c1. The Morgan fingerprint density at radius 1 is 1.19 bits per heavy atom. The van der Waals surface area contributed by atoms with Gasteiger partial charge < -0.3 is 20.1 Å². The summed E-state index contributed by atoms with van der Waals surface area (Å²) in [6.45, 7) is 0. The van der Waals surface area contributed by atoms with Crippen LogP contribution in [-0.2, 0) is 0 Å². The third-order valence-corrected chi connectivity index (χ3v) is 2.81. The van der Waals surface area contributed by atoms with E-state index in [2.05, 4.69) is 4.98 Å². The van der Waals surface area contributed by atoms with Crippen LogP contribution < -0.4 is 15.2 Å². The van der Waals surface area contributed by atoms with Crippen LogP contribution in [0.15, 0.2) is 36.5 Å². The lowest BCUT2D eigenvalue weighted by Crippen LogP contribution is -2.22. The maximum Gasteiger partial charge on any atom is 0.272 e. The van der Waals surface area contributed by atoms with E-state index in [1.54, 1.807) is 51.5 Å². The first-order valence-corrected chi connectivity index (χ1v) is 6.30. The van der Waals surface area contributed by atoms with Crippen LogP contribution in [0.25, 0.3) is 0 Å². The molecule has 2 rings (SSSR count). The second-order valence-electron chi connectivity index (χ2n) is 4.58. The van der Waals surface area contributed by atoms with Crippen LogP contribution in [0.2, 0.25) is 0 Å². The smallest absolute Gasteiger partial charge is 0.272 e. The fraction of sp³-hybridized carbons (Fsp3) is 0.200. The molecule has 0 unspecified atom stereocenters. The number of benzene rings is 1. The van der Waals surface area contributed by atoms with Gasteiger partial charge >= 0.3 is 0 Å². The van der Waals surface area contributed by atoms with Crippen LogP contribution in [0.1, 0.15) is 10.5 Å². The maximum absolute atomic E-state index is 11.9. The normalized spacial score (nSPS) is 10.0. The summed E-state index contributed by atoms with van der Waals surface area (Å²) in [7, 11) is 4.89. The third kappa shape index (κ3) is 3.42. The van der Waals surface area contributed by atoms with E-state index in [1.807, 2.05) is 0 Å². The molecule has 0 saturated heterocycles. The lowest BCUT2D eigenvalue weighted by Gasteiger charge is -2.12. The summed E-state index contributed by atoms with van der Waals surface area (Å²) in [6, 6.07) is 8.35. The molecule has 2 aromatic rings. The number of ether oxygens (including phenoxy) is 2. The molecule has 0 aliphatic carbocycles. The summed E-state index contributed by atoms with van der Waals surface area (Å²) in [6.07, 6.45) is 1.52. The van der Waals surface area contributed by atoms with Crippen molar-refractivity contribution in [2.24, 2.45) is 0 Å². The third-order valence-electron chi connectivity index (χ3n) is 2.81. The largest absolute Gasteiger partial charge is 0.497 e. The number of amides is 1. The van der Waals surface area contributed by atoms with Crippen molar-refractivity contribution in [3.05, 3.63) is 42.2 Å². The number of rotatable bonds is 4. The van der Waals surface area contributed by atoms with Gasteiger partial charge in [-0.3, -0.25) is 9.78 Å². The molecule has 0 aliphatic rings. The Morgan fingerprint density at radius 2 is 1.95 bits per heavy atom. The van der Waals surface area contributed by atoms with Crippen LogP contribution in [0.4, 0.5) is 5.69 Å². The molecule has 1 aromatic heterocycles. The number of aromatic nitrogens is 1. The predicted octanol–water partition coefficient (Wildman–Crippen LogP) is 2.17. The van der Waals surface area contributed by atoms with E-state index in [9.17, 15) is 4.79 Å². The zero-order valence-corrected chi connectivity index (χ0v) is 12.2. The van der Waals surface area contributed by atoms with Gasteiger partial charge in [-0.25, -0.2) is 0 Å². The number of carbonyl (C=O) groups excluding carboxylic acids is 1. The number of carbonyl (C=O) groups is 1. The van der Waals surface area contributed by atoms with Gasteiger partial charge in [-0.05, 0) is 18.2 Å². The molecule has 21 heavy (non-hydrogen) atoms. The van der Waals surface area contributed by atoms with E-state index in [0.717, 1.165) is 0 Å². The van der Waals surface area contributed by atoms with E-state index in [-0.39, 0.29) is 5.91 Å². The number of nitrogens with zero attached hydrogens (tertiary/aromatic N) is 2. The Morgan fingerprint density at radius 3 is 2.62 bits per heavy atom. The van der Waals surface area contributed by atoms with E-state index >= 15 is 0 Å². The van der Waals surface area contributed by atoms with Crippen LogP contribution in [-0.4, -0.2) is 37.0 Å². The zero-order chi connectivity index (χ0) is 15.4. The first kappa shape index (κ1) is 14.6. The van der Waals surface area contributed by atoms with Crippen LogP contribution >= 0.6 is 0 Å². The highest BCUT2D eigenvalue weighted by atomic mass is 16.5. The van der Waals surface area contributed by atoms with Crippen molar-refractivity contribution in [1.82, 2.24) is 9.88 Å². The molecule has 0 fully saturated rings. The first-order valence-electron chi connectivity index (χ1n) is 6.30. The predicted molar refractivity (Wildman–Crippen MR) is 79.7 cm³/mol. The van der Waals surface area contributed by atoms with Gasteiger partial charge in [0.1, 0.15) is 17.2 Å². The second kappa shape index (κ2) is 6.13. The van der Waals surface area contributed by atoms with Gasteiger partial charge in [0, 0.05) is 32.4 Å². The van der Waals surface area contributed by atoms with E-state index in [0.29, 0.717) is 28.6 Å². The molecule has 6 nitrogen and oxygen atoms in total. The summed E-state index contributed by atoms with van der Waals surface area (Å²) in [5.41, 5.74) is 6.65. The Kier molecular flexibility index (Phi) is 4.27. The van der Waals surface area contributed by atoms with Gasteiger partial charge in [0.25, 0.3) is 5.91 Å². The number of hydrogen-bond donors (Lipinski definition) is 1. The van der Waals surface area contributed by atoms with Crippen molar-refractivity contribution >= 4 is 11.6 Å². The second-order valence-corrected chi connectivity index (χ2v) is 4.58. The molecule has 1 aromatic carbocycles. The fourth-order valence-corrected chi connectivity index (χ4v) is 1.68. The molecule has 0 aliphatic heterocycles. The van der Waals surface area contributed by atoms with Crippen molar-refractivity contribution in [3.8, 4) is 17.2 Å². The quantitative estimate of drug-likeness (QED) is 0.872. The number of nitrogens with two attached hydrogens (primary N) is 1. The molecule has 1 amide bonds. The van der Waals surface area contributed by atoms with Gasteiger partial charge in [0.05, 0.1) is 12.8 Å². The number of methoxy groups -OCH3 is 1. The minimum absolute atomic E-state index is 0.195. The van der Waals surface area contributed by atoms with Gasteiger partial charge in [0.2, 0.25) is 0 Å². The van der Waals surface area contributed by atoms with Crippen LogP contribution in [0.3, 0.4) is 0 Å². The van der Waals surface area contributed by atoms with Gasteiger partial charge in [0.15, 0.2) is 5.75 Å². The number of pyridine rings is 1. The van der Waals surface area contributed by atoms with Crippen molar-refractivity contribution in [2.45, 2.75) is 0 Å². The molecule has 0 saturated carbocycles. The van der Waals surface area contributed by atoms with Crippen molar-refractivity contribution in [3.63, 3.8) is 0 Å². The molecule has 0 atom stereocenters. The zero-order valence-electron chi connectivity index (χ0n) is 12.2. The summed E-state index contributed by atoms with van der Waals surface area (Å²) < 4.78 is 10.8. The van der Waals surface area contributed by atoms with E-state index in [4.69, 9.17) is 15.2 Å². The monoisotopic (exact) mass is 287 g/mol. The van der Waals surface area contributed by atoms with Crippen molar-refractivity contribution in [2.75, 3.05) is 26.9 Å². The van der Waals surface area contributed by atoms with Crippen LogP contribution in [0.5, 0.6) is 17.2 Å². The standard InChI is InChI=1S/C15H17N3O3/c1-18(2)15(19)13-8-11(6-7-17-13)21-14-9-10(20-3)4-5-12(14)16/h4-9H,16H2,1-3H3. The van der Waals surface area contributed by atoms with Gasteiger partial charge in [-0.1, -0.05) is 0 Å². The molecule has 1 heterocycles. The minimum Gasteiger partial charge on any atom is -0.497 e. The maximum atomic E-state index is 11.9. The number of anilines is 1. The number of hydrogen-bond acceptors (Lipinski definition) is 5. The summed E-state index contributed by atoms with van der Waals surface area (Å²) in [4.78, 5) is 17.4. The summed E-state index contributed by atoms with van der Waals surface area (Å²) >= 11 is 0. The lowest BCUT2D eigenvalue weighted by molar-refractivity contribution is 0.0821. The molecular weight excluding hydrogens is 270 g/mol. The Labute approximate surface area is 123 Å². The van der Waals surface area contributed by atoms with Crippen molar-refractivity contribution in [1.29, 1.82) is 0 Å². The van der Waals surface area contributed by atoms with Crippen molar-refractivity contribution < 1.29 is 14.3 Å². The molecule has 0 bridgehead atoms. The highest BCUT2D eigenvalue weighted by molar-refractivity contribution is 5.92. The fourth-order valence-electron chi connectivity index (χ4n) is 1.68. The van der Waals surface area contributed by atoms with E-state index < -0.39 is 0 Å². The average molecular weight is 287 g/mol. The Hall–Kier alpha value is -2.76. The molecule has 6 heteroatoms. The highest BCUT2D eigenvalue weighted by Gasteiger charge is 2.11. The lowest BCUT2D eigenvalue weighted by atomic mass is 10.2. The molecule has 0 spiro atoms. The molecule has 110 valence electrons. The average Bonchev–Trinajstić information content (AvgIpc) is 2.49. The molecule has 2 N–H and O–H groups in total. The van der Waals surface area contributed by atoms with E-state index in [1.165, 1.54) is 11.1 Å². The summed E-state index contributed by atoms with van der Waals surface area (Å²) in [5.74, 6) is 1.39. The number of nitrogen functional groups attached to an aromatic ring is 1. The minimum atomic E-state index is -0.195. The Balaban J connectivity index is 2.28. The Bertz CT molecular complexity index is 656. The van der Waals surface area contributed by atoms with Gasteiger partial charge in [-0.15, -0.1) is 0 Å². The topological polar surface area (TPSA) is 77.7 Å². The highest BCUT2D eigenvalue weighted by Crippen LogP contribution is 2.31. The molecular formula is C15H17N3O3. The van der Waals surface area contributed by atoms with Crippen LogP contribution in [0, 0.1) is 0 Å². The first-order chi connectivity index (χ1) is 10.0. The van der Waals surface area contributed by atoms with Gasteiger partial charge in [-0.2, -0.15) is 0 Å². The molecule has 0 radical (unpaired) electrons.